The zero-order valence-corrected chi connectivity index (χ0v) is 24.0. The van der Waals surface area contributed by atoms with Crippen LogP contribution in [0.1, 0.15) is 72.3 Å². The molecule has 5 heteroatoms. The molecular formula is C28H39NO2Si2. The van der Waals surface area contributed by atoms with Gasteiger partial charge in [0.15, 0.2) is 0 Å². The van der Waals surface area contributed by atoms with Gasteiger partial charge in [-0.2, -0.15) is 0 Å². The fourth-order valence-electron chi connectivity index (χ4n) is 6.41. The predicted molar refractivity (Wildman–Crippen MR) is 146 cm³/mol. The molecule has 2 aromatic carbocycles. The second kappa shape index (κ2) is 7.52. The normalized spacial score (nSPS) is 18.2. The maximum Gasteiger partial charge on any atom is 0.249 e. The summed E-state index contributed by atoms with van der Waals surface area (Å²) < 4.78 is 6.85. The molecular weight excluding hydrogens is 438 g/mol. The fraction of sp³-hybridized carbons (Fsp3) is 0.464. The molecule has 0 radical (unpaired) electrons. The van der Waals surface area contributed by atoms with Gasteiger partial charge in [0.2, 0.25) is 22.5 Å². The van der Waals surface area contributed by atoms with Crippen molar-refractivity contribution in [1.29, 1.82) is 0 Å². The maximum absolute atomic E-state index is 13.2. The van der Waals surface area contributed by atoms with Crippen molar-refractivity contribution in [3.8, 4) is 11.1 Å². The van der Waals surface area contributed by atoms with Crippen LogP contribution in [0, 0.1) is 13.8 Å². The molecule has 0 aromatic heterocycles. The van der Waals surface area contributed by atoms with Crippen LogP contribution in [-0.4, -0.2) is 22.5 Å². The van der Waals surface area contributed by atoms with E-state index in [4.69, 9.17) is 9.85 Å². The van der Waals surface area contributed by atoms with E-state index < -0.39 is 16.6 Å². The third-order valence-corrected chi connectivity index (χ3v) is 15.5. The molecule has 0 spiro atoms. The summed E-state index contributed by atoms with van der Waals surface area (Å²) in [5.74, 6) is -0.333. The van der Waals surface area contributed by atoms with E-state index >= 15 is 0 Å². The van der Waals surface area contributed by atoms with Crippen LogP contribution in [0.15, 0.2) is 17.7 Å². The van der Waals surface area contributed by atoms with Crippen molar-refractivity contribution in [2.75, 3.05) is 0 Å². The zero-order valence-electron chi connectivity index (χ0n) is 22.0. The highest BCUT2D eigenvalue weighted by Gasteiger charge is 2.47. The van der Waals surface area contributed by atoms with Crippen LogP contribution in [-0.2, 0) is 16.0 Å². The Morgan fingerprint density at radius 1 is 1.03 bits per heavy atom. The number of nitrogens with two attached hydrogens (primary N) is 1. The second-order valence-electron chi connectivity index (χ2n) is 11.9. The first-order valence-electron chi connectivity index (χ1n) is 12.2. The minimum atomic E-state index is -2.30. The average molecular weight is 478 g/mol. The molecule has 0 atom stereocenters. The van der Waals surface area contributed by atoms with Crippen molar-refractivity contribution >= 4 is 39.0 Å². The predicted octanol–water partition coefficient (Wildman–Crippen LogP) is 5.57. The lowest BCUT2D eigenvalue weighted by atomic mass is 9.80. The number of amides is 1. The lowest BCUT2D eigenvalue weighted by Gasteiger charge is -2.44. The van der Waals surface area contributed by atoms with Crippen molar-refractivity contribution in [3.63, 3.8) is 0 Å². The van der Waals surface area contributed by atoms with Gasteiger partial charge in [-0.05, 0) is 108 Å². The van der Waals surface area contributed by atoms with E-state index in [1.165, 1.54) is 44.1 Å². The van der Waals surface area contributed by atoms with Crippen molar-refractivity contribution in [2.24, 2.45) is 5.73 Å². The highest BCUT2D eigenvalue weighted by molar-refractivity contribution is 7.00. The van der Waals surface area contributed by atoms with Crippen LogP contribution in [0.3, 0.4) is 0 Å². The van der Waals surface area contributed by atoms with E-state index in [1.54, 1.807) is 0 Å². The van der Waals surface area contributed by atoms with Crippen LogP contribution in [0.4, 0.5) is 0 Å². The number of rotatable bonds is 3. The van der Waals surface area contributed by atoms with Crippen molar-refractivity contribution < 1.29 is 8.91 Å². The molecule has 0 saturated heterocycles. The summed E-state index contributed by atoms with van der Waals surface area (Å²) in [7, 11) is -4.42. The molecule has 3 nitrogen and oxygen atoms in total. The summed E-state index contributed by atoms with van der Waals surface area (Å²) in [5, 5.41) is 2.45. The molecule has 1 aliphatic carbocycles. The number of allylic oxidation sites excluding steroid dienone is 1. The SMILES string of the molecule is CCC1=Cc2cc(C(C)(C)C)cc(-c3c(C)c4c(C)c(c3C(N)=O)[Si](C)(C)O[Si]4(C)C)c2C1. The van der Waals surface area contributed by atoms with Gasteiger partial charge >= 0.3 is 0 Å². The van der Waals surface area contributed by atoms with E-state index in [9.17, 15) is 4.79 Å². The van der Waals surface area contributed by atoms with Crippen molar-refractivity contribution in [2.45, 2.75) is 86.0 Å². The minimum Gasteiger partial charge on any atom is -0.449 e. The number of carbonyl (C=O) groups excluding carboxylic acids is 1. The Kier molecular flexibility index (Phi) is 5.51. The third kappa shape index (κ3) is 3.69. The van der Waals surface area contributed by atoms with Gasteiger partial charge in [-0.1, -0.05) is 51.5 Å². The molecule has 2 N–H and O–H groups in total. The Bertz CT molecular complexity index is 1230. The number of hydrogen-bond donors (Lipinski definition) is 1. The first kappa shape index (κ1) is 24.2. The van der Waals surface area contributed by atoms with Crippen molar-refractivity contribution in [3.05, 3.63) is 51.1 Å². The van der Waals surface area contributed by atoms with E-state index in [0.29, 0.717) is 5.56 Å². The molecule has 0 fully saturated rings. The van der Waals surface area contributed by atoms with Gasteiger partial charge in [0.1, 0.15) is 0 Å². The Morgan fingerprint density at radius 2 is 1.64 bits per heavy atom. The highest BCUT2D eigenvalue weighted by atomic mass is 28.4. The Morgan fingerprint density at radius 3 is 2.18 bits per heavy atom. The van der Waals surface area contributed by atoms with Crippen LogP contribution in [0.5, 0.6) is 0 Å². The Labute approximate surface area is 201 Å². The summed E-state index contributed by atoms with van der Waals surface area (Å²) in [5.41, 5.74) is 17.0. The third-order valence-electron chi connectivity index (χ3n) is 7.60. The van der Waals surface area contributed by atoms with Gasteiger partial charge in [-0.3, -0.25) is 4.79 Å². The van der Waals surface area contributed by atoms with E-state index in [-0.39, 0.29) is 11.3 Å². The van der Waals surface area contributed by atoms with E-state index in [2.05, 4.69) is 85.9 Å². The molecule has 0 unspecified atom stereocenters. The van der Waals surface area contributed by atoms with Gasteiger partial charge in [0.25, 0.3) is 0 Å². The van der Waals surface area contributed by atoms with Crippen LogP contribution < -0.4 is 16.1 Å². The van der Waals surface area contributed by atoms with Crippen LogP contribution in [0.2, 0.25) is 26.2 Å². The quantitative estimate of drug-likeness (QED) is 0.588. The molecule has 0 saturated carbocycles. The summed E-state index contributed by atoms with van der Waals surface area (Å²) in [6.45, 7) is 22.4. The van der Waals surface area contributed by atoms with Crippen LogP contribution in [0.25, 0.3) is 17.2 Å². The summed E-state index contributed by atoms with van der Waals surface area (Å²) in [6.07, 6.45) is 4.34. The van der Waals surface area contributed by atoms with Gasteiger partial charge in [0.05, 0.1) is 0 Å². The first-order valence-corrected chi connectivity index (χ1v) is 18.0. The molecule has 2 bridgehead atoms. The van der Waals surface area contributed by atoms with Gasteiger partial charge < -0.3 is 9.85 Å². The molecule has 2 aliphatic rings. The largest absolute Gasteiger partial charge is 0.449 e. The number of carbonyl (C=O) groups is 1. The summed E-state index contributed by atoms with van der Waals surface area (Å²) in [6, 6.07) is 4.69. The van der Waals surface area contributed by atoms with Crippen molar-refractivity contribution in [1.82, 2.24) is 0 Å². The van der Waals surface area contributed by atoms with Crippen LogP contribution >= 0.6 is 0 Å². The Balaban J connectivity index is 2.19. The number of hydrogen-bond acceptors (Lipinski definition) is 2. The molecule has 1 amide bonds. The summed E-state index contributed by atoms with van der Waals surface area (Å²) >= 11 is 0. The topological polar surface area (TPSA) is 52.3 Å². The fourth-order valence-corrected chi connectivity index (χ4v) is 16.4. The average Bonchev–Trinajstić information content (AvgIpc) is 3.07. The molecule has 176 valence electrons. The highest BCUT2D eigenvalue weighted by Crippen LogP contribution is 2.42. The Hall–Kier alpha value is -1.96. The molecule has 1 heterocycles. The minimum absolute atomic E-state index is 0.00591. The standard InChI is InChI=1S/C28H39NO2Si2/c1-11-18-12-19-14-20(28(4,5)6)15-22(21(19)13-18)23-16(2)25-17(3)26(24(23)27(29)30)33(9,10)31-32(25,7)8/h12,14-15H,11,13H2,1-10H3,(H2,29,30). The molecule has 33 heavy (non-hydrogen) atoms. The lowest BCUT2D eigenvalue weighted by molar-refractivity contribution is 0.100. The monoisotopic (exact) mass is 477 g/mol. The second-order valence-corrected chi connectivity index (χ2v) is 19.8. The molecule has 1 aliphatic heterocycles. The van der Waals surface area contributed by atoms with Gasteiger partial charge in [-0.15, -0.1) is 0 Å². The number of benzene rings is 2. The van der Waals surface area contributed by atoms with Gasteiger partial charge in [0, 0.05) is 5.56 Å². The first-order chi connectivity index (χ1) is 15.1. The number of primary amides is 1. The number of fused-ring (bicyclic) bond motifs is 3. The summed E-state index contributed by atoms with van der Waals surface area (Å²) in [4.78, 5) is 13.2. The molecule has 4 rings (SSSR count). The van der Waals surface area contributed by atoms with E-state index in [1.807, 2.05) is 0 Å². The smallest absolute Gasteiger partial charge is 0.249 e. The lowest BCUT2D eigenvalue weighted by Crippen LogP contribution is -2.67. The maximum atomic E-state index is 13.2. The van der Waals surface area contributed by atoms with E-state index in [0.717, 1.165) is 23.6 Å². The zero-order chi connectivity index (χ0) is 24.7. The molecule has 2 aromatic rings. The van der Waals surface area contributed by atoms with Gasteiger partial charge in [-0.25, -0.2) is 0 Å².